The maximum absolute atomic E-state index is 12.1. The van der Waals surface area contributed by atoms with Gasteiger partial charge < -0.3 is 4.90 Å². The first-order valence-corrected chi connectivity index (χ1v) is 7.21. The normalized spacial score (nSPS) is 10.3. The quantitative estimate of drug-likeness (QED) is 0.805. The Morgan fingerprint density at radius 1 is 1.22 bits per heavy atom. The third kappa shape index (κ3) is 2.86. The summed E-state index contributed by atoms with van der Waals surface area (Å²) in [6.45, 7) is 2.10. The first-order chi connectivity index (χ1) is 8.58. The molecule has 0 radical (unpaired) electrons. The molecule has 0 atom stereocenters. The standard InChI is InChI=1S/C13H13NO2S2/c1-9(15)11-3-4-12(18-11)13(16)14(2)7-10-5-6-17-8-10/h3-6,8H,7H2,1-2H3. The molecule has 0 saturated carbocycles. The smallest absolute Gasteiger partial charge is 0.263 e. The second-order valence-corrected chi connectivity index (χ2v) is 5.88. The lowest BCUT2D eigenvalue weighted by atomic mass is 10.3. The molecule has 0 N–H and O–H groups in total. The van der Waals surface area contributed by atoms with Crippen molar-refractivity contribution in [1.82, 2.24) is 4.90 Å². The van der Waals surface area contributed by atoms with Gasteiger partial charge >= 0.3 is 0 Å². The van der Waals surface area contributed by atoms with Crippen LogP contribution in [-0.4, -0.2) is 23.6 Å². The molecule has 1 amide bonds. The Morgan fingerprint density at radius 3 is 2.50 bits per heavy atom. The Morgan fingerprint density at radius 2 is 1.94 bits per heavy atom. The number of carbonyl (C=O) groups excluding carboxylic acids is 2. The van der Waals surface area contributed by atoms with Crippen LogP contribution in [0.2, 0.25) is 0 Å². The van der Waals surface area contributed by atoms with E-state index < -0.39 is 0 Å². The van der Waals surface area contributed by atoms with E-state index in [1.165, 1.54) is 18.3 Å². The first kappa shape index (κ1) is 13.0. The van der Waals surface area contributed by atoms with Crippen LogP contribution in [0.4, 0.5) is 0 Å². The van der Waals surface area contributed by atoms with Crippen molar-refractivity contribution < 1.29 is 9.59 Å². The second kappa shape index (κ2) is 5.46. The maximum Gasteiger partial charge on any atom is 0.263 e. The molecule has 2 rings (SSSR count). The van der Waals surface area contributed by atoms with E-state index in [-0.39, 0.29) is 11.7 Å². The van der Waals surface area contributed by atoms with Gasteiger partial charge in [0.15, 0.2) is 5.78 Å². The summed E-state index contributed by atoms with van der Waals surface area (Å²) < 4.78 is 0. The van der Waals surface area contributed by atoms with Crippen LogP contribution in [0.15, 0.2) is 29.0 Å². The van der Waals surface area contributed by atoms with Gasteiger partial charge in [-0.05, 0) is 41.4 Å². The molecule has 0 unspecified atom stereocenters. The van der Waals surface area contributed by atoms with E-state index in [4.69, 9.17) is 0 Å². The predicted octanol–water partition coefficient (Wildman–Crippen LogP) is 3.28. The number of rotatable bonds is 4. The third-order valence-corrected chi connectivity index (χ3v) is 4.42. The minimum absolute atomic E-state index is 0.000428. The molecule has 0 aliphatic rings. The lowest BCUT2D eigenvalue weighted by Gasteiger charge is -2.15. The van der Waals surface area contributed by atoms with Crippen molar-refractivity contribution in [2.75, 3.05) is 7.05 Å². The van der Waals surface area contributed by atoms with Crippen LogP contribution >= 0.6 is 22.7 Å². The van der Waals surface area contributed by atoms with Crippen molar-refractivity contribution in [3.8, 4) is 0 Å². The lowest BCUT2D eigenvalue weighted by Crippen LogP contribution is -2.25. The highest BCUT2D eigenvalue weighted by molar-refractivity contribution is 7.15. The van der Waals surface area contributed by atoms with Gasteiger partial charge in [0.1, 0.15) is 0 Å². The van der Waals surface area contributed by atoms with Crippen LogP contribution in [0.1, 0.15) is 31.8 Å². The largest absolute Gasteiger partial charge is 0.337 e. The van der Waals surface area contributed by atoms with Gasteiger partial charge in [0.05, 0.1) is 9.75 Å². The van der Waals surface area contributed by atoms with Crippen molar-refractivity contribution in [3.05, 3.63) is 44.3 Å². The predicted molar refractivity (Wildman–Crippen MR) is 74.4 cm³/mol. The monoisotopic (exact) mass is 279 g/mol. The molecule has 18 heavy (non-hydrogen) atoms. The van der Waals surface area contributed by atoms with Crippen LogP contribution in [-0.2, 0) is 6.54 Å². The fourth-order valence-electron chi connectivity index (χ4n) is 1.56. The summed E-state index contributed by atoms with van der Waals surface area (Å²) in [4.78, 5) is 26.2. The van der Waals surface area contributed by atoms with E-state index in [1.807, 2.05) is 16.8 Å². The zero-order valence-corrected chi connectivity index (χ0v) is 11.8. The van der Waals surface area contributed by atoms with Gasteiger partial charge in [0.25, 0.3) is 5.91 Å². The Bertz CT molecular complexity index is 557. The number of amides is 1. The van der Waals surface area contributed by atoms with Gasteiger partial charge in [-0.25, -0.2) is 0 Å². The molecule has 0 aliphatic carbocycles. The van der Waals surface area contributed by atoms with Crippen molar-refractivity contribution in [1.29, 1.82) is 0 Å². The first-order valence-electron chi connectivity index (χ1n) is 5.45. The highest BCUT2D eigenvalue weighted by atomic mass is 32.1. The molecule has 0 spiro atoms. The van der Waals surface area contributed by atoms with Crippen molar-refractivity contribution in [3.63, 3.8) is 0 Å². The molecule has 0 saturated heterocycles. The van der Waals surface area contributed by atoms with Crippen LogP contribution in [0.5, 0.6) is 0 Å². The number of hydrogen-bond donors (Lipinski definition) is 0. The van der Waals surface area contributed by atoms with Gasteiger partial charge in [0.2, 0.25) is 0 Å². The van der Waals surface area contributed by atoms with Gasteiger partial charge in [0, 0.05) is 13.6 Å². The lowest BCUT2D eigenvalue weighted by molar-refractivity contribution is 0.0790. The zero-order valence-electron chi connectivity index (χ0n) is 10.2. The third-order valence-electron chi connectivity index (χ3n) is 2.51. The fourth-order valence-corrected chi connectivity index (χ4v) is 3.11. The molecule has 94 valence electrons. The van der Waals surface area contributed by atoms with Gasteiger partial charge in [-0.15, -0.1) is 11.3 Å². The topological polar surface area (TPSA) is 37.4 Å². The van der Waals surface area contributed by atoms with Crippen molar-refractivity contribution in [2.24, 2.45) is 0 Å². The van der Waals surface area contributed by atoms with Crippen molar-refractivity contribution >= 4 is 34.4 Å². The van der Waals surface area contributed by atoms with E-state index >= 15 is 0 Å². The summed E-state index contributed by atoms with van der Waals surface area (Å²) in [7, 11) is 1.77. The van der Waals surface area contributed by atoms with Crippen LogP contribution in [0.3, 0.4) is 0 Å². The number of Topliss-reactive ketones (excluding diaryl/α,β-unsaturated/α-hetero) is 1. The summed E-state index contributed by atoms with van der Waals surface area (Å²) in [5.41, 5.74) is 1.12. The van der Waals surface area contributed by atoms with Crippen molar-refractivity contribution in [2.45, 2.75) is 13.5 Å². The Labute approximate surface area is 114 Å². The molecular weight excluding hydrogens is 266 g/mol. The van der Waals surface area contributed by atoms with E-state index in [2.05, 4.69) is 0 Å². The fraction of sp³-hybridized carbons (Fsp3) is 0.231. The summed E-state index contributed by atoms with van der Waals surface area (Å²) in [6.07, 6.45) is 0. The van der Waals surface area contributed by atoms with E-state index in [1.54, 1.807) is 35.4 Å². The van der Waals surface area contributed by atoms with Gasteiger partial charge in [-0.2, -0.15) is 11.3 Å². The van der Waals surface area contributed by atoms with E-state index in [9.17, 15) is 9.59 Å². The Hall–Kier alpha value is -1.46. The number of ketones is 1. The zero-order chi connectivity index (χ0) is 13.1. The second-order valence-electron chi connectivity index (χ2n) is 4.01. The minimum Gasteiger partial charge on any atom is -0.337 e. The molecule has 0 aliphatic heterocycles. The average Bonchev–Trinajstić information content (AvgIpc) is 2.98. The molecule has 5 heteroatoms. The summed E-state index contributed by atoms with van der Waals surface area (Å²) >= 11 is 2.87. The molecule has 2 aromatic rings. The maximum atomic E-state index is 12.1. The van der Waals surface area contributed by atoms with Crippen LogP contribution in [0.25, 0.3) is 0 Å². The SMILES string of the molecule is CC(=O)c1ccc(C(=O)N(C)Cc2ccsc2)s1. The number of nitrogens with zero attached hydrogens (tertiary/aromatic N) is 1. The van der Waals surface area contributed by atoms with Crippen LogP contribution in [0, 0.1) is 0 Å². The van der Waals surface area contributed by atoms with Crippen LogP contribution < -0.4 is 0 Å². The summed E-state index contributed by atoms with van der Waals surface area (Å²) in [5.74, 6) is -0.0433. The molecule has 0 aromatic carbocycles. The molecule has 0 fully saturated rings. The molecule has 0 bridgehead atoms. The Kier molecular flexibility index (Phi) is 3.93. The summed E-state index contributed by atoms with van der Waals surface area (Å²) in [5, 5.41) is 4.02. The number of carbonyl (C=O) groups is 2. The summed E-state index contributed by atoms with van der Waals surface area (Å²) in [6, 6.07) is 5.43. The molecular formula is C13H13NO2S2. The average molecular weight is 279 g/mol. The molecule has 2 heterocycles. The molecule has 3 nitrogen and oxygen atoms in total. The highest BCUT2D eigenvalue weighted by Crippen LogP contribution is 2.19. The van der Waals surface area contributed by atoms with E-state index in [0.29, 0.717) is 16.3 Å². The Balaban J connectivity index is 2.08. The highest BCUT2D eigenvalue weighted by Gasteiger charge is 2.15. The minimum atomic E-state index is -0.0429. The van der Waals surface area contributed by atoms with Gasteiger partial charge in [-0.3, -0.25) is 9.59 Å². The van der Waals surface area contributed by atoms with E-state index in [0.717, 1.165) is 5.56 Å². The number of thiophene rings is 2. The molecule has 2 aromatic heterocycles. The number of hydrogen-bond acceptors (Lipinski definition) is 4. The van der Waals surface area contributed by atoms with Gasteiger partial charge in [-0.1, -0.05) is 0 Å².